The number of alkyl carbamates (subject to hydrolysis) is 1. The molecular formula is C17H23NO4. The zero-order chi connectivity index (χ0) is 16.0. The lowest BCUT2D eigenvalue weighted by molar-refractivity contribution is -0.199. The summed E-state index contributed by atoms with van der Waals surface area (Å²) in [5.74, 6) is 1.65. The Balaban J connectivity index is 1.50. The van der Waals surface area contributed by atoms with Gasteiger partial charge in [0.15, 0.2) is 0 Å². The molecule has 0 heterocycles. The topological polar surface area (TPSA) is 56.8 Å². The van der Waals surface area contributed by atoms with Crippen LogP contribution in [0.25, 0.3) is 0 Å². The van der Waals surface area contributed by atoms with Gasteiger partial charge < -0.3 is 19.5 Å². The third-order valence-electron chi connectivity index (χ3n) is 4.14. The highest BCUT2D eigenvalue weighted by Crippen LogP contribution is 2.62. The van der Waals surface area contributed by atoms with E-state index in [1.54, 1.807) is 7.11 Å². The fraction of sp³-hybridized carbons (Fsp3) is 0.588. The van der Waals surface area contributed by atoms with Crippen LogP contribution in [-0.2, 0) is 4.74 Å². The zero-order valence-electron chi connectivity index (χ0n) is 13.6. The molecule has 0 radical (unpaired) electrons. The molecule has 5 heteroatoms. The number of methoxy groups -OCH3 is 1. The molecule has 3 fully saturated rings. The van der Waals surface area contributed by atoms with Gasteiger partial charge in [0.05, 0.1) is 12.6 Å². The Hall–Kier alpha value is -1.91. The van der Waals surface area contributed by atoms with Gasteiger partial charge >= 0.3 is 6.09 Å². The Morgan fingerprint density at radius 1 is 1.09 bits per heavy atom. The second kappa shape index (κ2) is 4.80. The molecule has 22 heavy (non-hydrogen) atoms. The number of benzene rings is 1. The Kier molecular flexibility index (Phi) is 3.27. The maximum absolute atomic E-state index is 11.8. The third-order valence-corrected chi connectivity index (χ3v) is 4.14. The van der Waals surface area contributed by atoms with Crippen molar-refractivity contribution >= 4 is 6.09 Å². The summed E-state index contributed by atoms with van der Waals surface area (Å²) in [5, 5.41) is 2.98. The van der Waals surface area contributed by atoms with Crippen molar-refractivity contribution < 1.29 is 19.0 Å². The Morgan fingerprint density at radius 3 is 2.14 bits per heavy atom. The second-order valence-electron chi connectivity index (χ2n) is 7.40. The van der Waals surface area contributed by atoms with Crippen LogP contribution in [-0.4, -0.2) is 29.9 Å². The van der Waals surface area contributed by atoms with Crippen LogP contribution in [0.1, 0.15) is 40.0 Å². The van der Waals surface area contributed by atoms with Crippen LogP contribution in [0.2, 0.25) is 0 Å². The van der Waals surface area contributed by atoms with Crippen molar-refractivity contribution in [3.63, 3.8) is 0 Å². The van der Waals surface area contributed by atoms with Crippen molar-refractivity contribution in [1.82, 2.24) is 5.32 Å². The van der Waals surface area contributed by atoms with Crippen LogP contribution in [0.15, 0.2) is 24.3 Å². The molecular weight excluding hydrogens is 282 g/mol. The van der Waals surface area contributed by atoms with Crippen molar-refractivity contribution in [2.75, 3.05) is 7.11 Å². The van der Waals surface area contributed by atoms with E-state index in [4.69, 9.17) is 14.2 Å². The van der Waals surface area contributed by atoms with Crippen LogP contribution in [0.5, 0.6) is 11.5 Å². The molecule has 1 N–H and O–H groups in total. The van der Waals surface area contributed by atoms with Crippen LogP contribution >= 0.6 is 0 Å². The first-order chi connectivity index (χ1) is 10.2. The molecule has 0 aromatic heterocycles. The van der Waals surface area contributed by atoms with Crippen LogP contribution < -0.4 is 14.8 Å². The van der Waals surface area contributed by atoms with Crippen molar-refractivity contribution in [3.8, 4) is 11.5 Å². The first-order valence-corrected chi connectivity index (χ1v) is 7.58. The summed E-state index contributed by atoms with van der Waals surface area (Å²) in [6, 6.07) is 7.59. The number of carbonyl (C=O) groups is 1. The van der Waals surface area contributed by atoms with Crippen LogP contribution in [0.4, 0.5) is 4.79 Å². The van der Waals surface area contributed by atoms with E-state index < -0.39 is 5.60 Å². The first kappa shape index (κ1) is 15.0. The van der Waals surface area contributed by atoms with E-state index in [1.165, 1.54) is 0 Å². The van der Waals surface area contributed by atoms with Gasteiger partial charge in [-0.2, -0.15) is 0 Å². The lowest BCUT2D eigenvalue weighted by Crippen LogP contribution is -2.80. The zero-order valence-corrected chi connectivity index (χ0v) is 13.6. The summed E-state index contributed by atoms with van der Waals surface area (Å²) >= 11 is 0. The molecule has 4 rings (SSSR count). The quantitative estimate of drug-likeness (QED) is 0.927. The van der Waals surface area contributed by atoms with Gasteiger partial charge in [-0.15, -0.1) is 0 Å². The molecule has 3 aliphatic carbocycles. The highest BCUT2D eigenvalue weighted by molar-refractivity contribution is 5.70. The monoisotopic (exact) mass is 305 g/mol. The van der Waals surface area contributed by atoms with E-state index in [0.29, 0.717) is 0 Å². The molecule has 0 spiro atoms. The molecule has 5 nitrogen and oxygen atoms in total. The highest BCUT2D eigenvalue weighted by Gasteiger charge is 2.71. The van der Waals surface area contributed by atoms with Gasteiger partial charge in [-0.1, -0.05) is 0 Å². The average molecular weight is 305 g/mol. The summed E-state index contributed by atoms with van der Waals surface area (Å²) in [7, 11) is 1.64. The molecule has 0 unspecified atom stereocenters. The maximum Gasteiger partial charge on any atom is 0.408 e. The van der Waals surface area contributed by atoms with Crippen molar-refractivity contribution in [2.24, 2.45) is 0 Å². The predicted octanol–water partition coefficient (Wildman–Crippen LogP) is 3.27. The van der Waals surface area contributed by atoms with E-state index >= 15 is 0 Å². The molecule has 0 atom stereocenters. The Bertz CT molecular complexity index is 554. The number of hydrogen-bond acceptors (Lipinski definition) is 4. The minimum absolute atomic E-state index is 0.121. The standard InChI is InChI=1S/C17H23NO4/c1-15(2,3)22-14(19)18-16-9-17(10-16,11-16)21-13-7-5-12(20-4)6-8-13/h5-8H,9-11H2,1-4H3,(H,18,19). The molecule has 1 aromatic carbocycles. The van der Waals surface area contributed by atoms with Crippen LogP contribution in [0.3, 0.4) is 0 Å². The molecule has 3 saturated carbocycles. The van der Waals surface area contributed by atoms with E-state index in [1.807, 2.05) is 45.0 Å². The summed E-state index contributed by atoms with van der Waals surface area (Å²) in [4.78, 5) is 11.8. The average Bonchev–Trinajstić information content (AvgIpc) is 2.33. The molecule has 1 aromatic rings. The van der Waals surface area contributed by atoms with Crippen molar-refractivity contribution in [1.29, 1.82) is 0 Å². The number of ether oxygens (including phenoxy) is 3. The minimum Gasteiger partial charge on any atom is -0.497 e. The summed E-state index contributed by atoms with van der Waals surface area (Å²) in [6.07, 6.45) is 2.17. The van der Waals surface area contributed by atoms with E-state index in [9.17, 15) is 4.79 Å². The van der Waals surface area contributed by atoms with Gasteiger partial charge in [-0.3, -0.25) is 0 Å². The SMILES string of the molecule is COc1ccc(OC23CC(NC(=O)OC(C)(C)C)(C2)C3)cc1. The van der Waals surface area contributed by atoms with Crippen LogP contribution in [0, 0.1) is 0 Å². The van der Waals surface area contributed by atoms with Gasteiger partial charge in [0, 0.05) is 19.3 Å². The molecule has 0 saturated heterocycles. The summed E-state index contributed by atoms with van der Waals surface area (Å²) in [6.45, 7) is 5.59. The number of nitrogens with one attached hydrogen (secondary N) is 1. The molecule has 2 bridgehead atoms. The smallest absolute Gasteiger partial charge is 0.408 e. The lowest BCUT2D eigenvalue weighted by Gasteiger charge is -2.68. The maximum atomic E-state index is 11.8. The van der Waals surface area contributed by atoms with Gasteiger partial charge in [0.25, 0.3) is 0 Å². The van der Waals surface area contributed by atoms with Gasteiger partial charge in [-0.05, 0) is 45.0 Å². The lowest BCUT2D eigenvalue weighted by atomic mass is 9.46. The number of hydrogen-bond donors (Lipinski definition) is 1. The molecule has 120 valence electrons. The fourth-order valence-corrected chi connectivity index (χ4v) is 3.35. The largest absolute Gasteiger partial charge is 0.497 e. The highest BCUT2D eigenvalue weighted by atomic mass is 16.6. The third kappa shape index (κ3) is 2.85. The first-order valence-electron chi connectivity index (χ1n) is 7.58. The number of carbonyl (C=O) groups excluding carboxylic acids is 1. The van der Waals surface area contributed by atoms with Crippen molar-refractivity contribution in [3.05, 3.63) is 24.3 Å². The predicted molar refractivity (Wildman–Crippen MR) is 82.3 cm³/mol. The molecule has 0 aliphatic heterocycles. The molecule has 1 amide bonds. The summed E-state index contributed by atoms with van der Waals surface area (Å²) < 4.78 is 16.5. The minimum atomic E-state index is -0.467. The van der Waals surface area contributed by atoms with E-state index in [2.05, 4.69) is 5.32 Å². The summed E-state index contributed by atoms with van der Waals surface area (Å²) in [5.41, 5.74) is -0.719. The van der Waals surface area contributed by atoms with E-state index in [-0.39, 0.29) is 17.2 Å². The number of rotatable bonds is 4. The normalized spacial score (nSPS) is 28.9. The van der Waals surface area contributed by atoms with E-state index in [0.717, 1.165) is 30.8 Å². The second-order valence-corrected chi connectivity index (χ2v) is 7.40. The molecule has 3 aliphatic rings. The van der Waals surface area contributed by atoms with Crippen molar-refractivity contribution in [2.45, 2.75) is 56.8 Å². The Labute approximate surface area is 130 Å². The van der Waals surface area contributed by atoms with Gasteiger partial charge in [0.2, 0.25) is 0 Å². The van der Waals surface area contributed by atoms with Gasteiger partial charge in [0.1, 0.15) is 22.7 Å². The Morgan fingerprint density at radius 2 is 1.64 bits per heavy atom. The fourth-order valence-electron chi connectivity index (χ4n) is 3.35. The van der Waals surface area contributed by atoms with Gasteiger partial charge in [-0.25, -0.2) is 4.79 Å². The number of amides is 1.